The molecule has 17 heavy (non-hydrogen) atoms. The maximum absolute atomic E-state index is 13.0. The Kier molecular flexibility index (Phi) is 3.32. The molecule has 2 rings (SSSR count). The van der Waals surface area contributed by atoms with E-state index in [4.69, 9.17) is 5.26 Å². The van der Waals surface area contributed by atoms with Crippen molar-refractivity contribution in [2.45, 2.75) is 0 Å². The minimum Gasteiger partial charge on any atom is -0.215 e. The number of rotatable bonds is 2. The molecule has 0 unspecified atom stereocenters. The molecule has 2 aromatic carbocycles. The molecule has 0 aliphatic carbocycles. The quantitative estimate of drug-likeness (QED) is 0.757. The Balaban J connectivity index is 2.41. The van der Waals surface area contributed by atoms with Crippen molar-refractivity contribution in [2.24, 2.45) is 0 Å². The number of halogens is 1. The van der Waals surface area contributed by atoms with E-state index in [1.807, 2.05) is 36.4 Å². The molecule has 0 N–H and O–H groups in total. The Morgan fingerprint density at radius 2 is 1.53 bits per heavy atom. The first-order valence-electron chi connectivity index (χ1n) is 5.21. The van der Waals surface area contributed by atoms with Crippen molar-refractivity contribution in [3.05, 3.63) is 77.6 Å². The first kappa shape index (κ1) is 11.1. The van der Waals surface area contributed by atoms with Gasteiger partial charge in [0, 0.05) is 5.57 Å². The van der Waals surface area contributed by atoms with Gasteiger partial charge in [-0.1, -0.05) is 42.5 Å². The molecule has 82 valence electrons. The van der Waals surface area contributed by atoms with Crippen LogP contribution in [0.1, 0.15) is 16.7 Å². The van der Waals surface area contributed by atoms with Crippen LogP contribution < -0.4 is 0 Å². The highest BCUT2D eigenvalue weighted by atomic mass is 19.1. The zero-order valence-electron chi connectivity index (χ0n) is 9.10. The molecule has 0 saturated heterocycles. The number of nitrogens with zero attached hydrogens (tertiary/aromatic N) is 1. The lowest BCUT2D eigenvalue weighted by atomic mass is 9.99. The lowest BCUT2D eigenvalue weighted by Gasteiger charge is -2.06. The van der Waals surface area contributed by atoms with Gasteiger partial charge in [-0.05, 0) is 23.3 Å². The van der Waals surface area contributed by atoms with Crippen LogP contribution in [0.25, 0.3) is 5.57 Å². The Bertz CT molecular complexity index is 562. The number of nitriles is 1. The molecular weight excluding hydrogens is 213 g/mol. The van der Waals surface area contributed by atoms with Crippen molar-refractivity contribution >= 4 is 5.57 Å². The van der Waals surface area contributed by atoms with Crippen molar-refractivity contribution in [2.75, 3.05) is 0 Å². The van der Waals surface area contributed by atoms with Crippen molar-refractivity contribution in [3.8, 4) is 6.07 Å². The van der Waals surface area contributed by atoms with Crippen LogP contribution in [0.5, 0.6) is 0 Å². The van der Waals surface area contributed by atoms with Crippen LogP contribution in [0.4, 0.5) is 4.39 Å². The highest BCUT2D eigenvalue weighted by Crippen LogP contribution is 2.23. The van der Waals surface area contributed by atoms with E-state index in [2.05, 4.69) is 0 Å². The summed E-state index contributed by atoms with van der Waals surface area (Å²) >= 11 is 0. The minimum atomic E-state index is 0.523. The highest BCUT2D eigenvalue weighted by molar-refractivity contribution is 5.79. The SMILES string of the molecule is N#Cc1ccc(/C(=C\F)c2ccccc2)cc1. The molecule has 0 amide bonds. The monoisotopic (exact) mass is 223 g/mol. The summed E-state index contributed by atoms with van der Waals surface area (Å²) in [5.74, 6) is 0. The molecular formula is C15H10FN. The van der Waals surface area contributed by atoms with Crippen LogP contribution in [-0.4, -0.2) is 0 Å². The van der Waals surface area contributed by atoms with Crippen LogP contribution in [0.2, 0.25) is 0 Å². The summed E-state index contributed by atoms with van der Waals surface area (Å²) < 4.78 is 13.0. The summed E-state index contributed by atoms with van der Waals surface area (Å²) in [4.78, 5) is 0. The number of hydrogen-bond donors (Lipinski definition) is 0. The molecule has 1 nitrogen and oxygen atoms in total. The van der Waals surface area contributed by atoms with E-state index in [1.54, 1.807) is 24.3 Å². The molecule has 0 atom stereocenters. The third-order valence-corrected chi connectivity index (χ3v) is 2.52. The average Bonchev–Trinajstić information content (AvgIpc) is 2.42. The number of benzene rings is 2. The van der Waals surface area contributed by atoms with Crippen molar-refractivity contribution in [1.82, 2.24) is 0 Å². The van der Waals surface area contributed by atoms with E-state index in [-0.39, 0.29) is 0 Å². The van der Waals surface area contributed by atoms with E-state index in [9.17, 15) is 4.39 Å². The third kappa shape index (κ3) is 2.40. The van der Waals surface area contributed by atoms with Gasteiger partial charge in [0.25, 0.3) is 0 Å². The van der Waals surface area contributed by atoms with Crippen LogP contribution in [0, 0.1) is 11.3 Å². The zero-order chi connectivity index (χ0) is 12.1. The largest absolute Gasteiger partial charge is 0.215 e. The topological polar surface area (TPSA) is 23.8 Å². The summed E-state index contributed by atoms with van der Waals surface area (Å²) in [6.07, 6.45) is 0.594. The first-order chi connectivity index (χ1) is 8.35. The van der Waals surface area contributed by atoms with Gasteiger partial charge in [-0.3, -0.25) is 0 Å². The molecule has 0 aliphatic heterocycles. The number of hydrogen-bond acceptors (Lipinski definition) is 1. The summed E-state index contributed by atoms with van der Waals surface area (Å²) in [5, 5.41) is 8.70. The molecule has 0 aliphatic rings. The van der Waals surface area contributed by atoms with Gasteiger partial charge >= 0.3 is 0 Å². The second-order valence-electron chi connectivity index (χ2n) is 3.58. The molecule has 0 saturated carbocycles. The van der Waals surface area contributed by atoms with Gasteiger partial charge < -0.3 is 0 Å². The predicted molar refractivity (Wildman–Crippen MR) is 65.8 cm³/mol. The van der Waals surface area contributed by atoms with Crippen molar-refractivity contribution in [1.29, 1.82) is 5.26 Å². The smallest absolute Gasteiger partial charge is 0.0991 e. The second-order valence-corrected chi connectivity index (χ2v) is 3.58. The fourth-order valence-corrected chi connectivity index (χ4v) is 1.63. The molecule has 0 spiro atoms. The van der Waals surface area contributed by atoms with Gasteiger partial charge in [0.1, 0.15) is 0 Å². The first-order valence-corrected chi connectivity index (χ1v) is 5.21. The summed E-state index contributed by atoms with van der Waals surface area (Å²) in [5.41, 5.74) is 2.67. The Morgan fingerprint density at radius 3 is 2.06 bits per heavy atom. The van der Waals surface area contributed by atoms with Gasteiger partial charge in [0.15, 0.2) is 0 Å². The minimum absolute atomic E-state index is 0.523. The molecule has 2 heteroatoms. The maximum atomic E-state index is 13.0. The molecule has 0 heterocycles. The normalized spacial score (nSPS) is 10.9. The van der Waals surface area contributed by atoms with Crippen molar-refractivity contribution < 1.29 is 4.39 Å². The third-order valence-electron chi connectivity index (χ3n) is 2.52. The van der Waals surface area contributed by atoms with Gasteiger partial charge in [0.05, 0.1) is 18.0 Å². The van der Waals surface area contributed by atoms with E-state index in [1.165, 1.54) is 0 Å². The van der Waals surface area contributed by atoms with E-state index >= 15 is 0 Å². The Hall–Kier alpha value is -2.40. The van der Waals surface area contributed by atoms with Crippen LogP contribution in [0.3, 0.4) is 0 Å². The summed E-state index contributed by atoms with van der Waals surface area (Å²) in [6.45, 7) is 0. The molecule has 0 fully saturated rings. The zero-order valence-corrected chi connectivity index (χ0v) is 9.10. The van der Waals surface area contributed by atoms with Gasteiger partial charge in [-0.25, -0.2) is 4.39 Å². The Labute approximate surface area is 99.5 Å². The van der Waals surface area contributed by atoms with Gasteiger partial charge in [-0.2, -0.15) is 5.26 Å². The molecule has 2 aromatic rings. The lowest BCUT2D eigenvalue weighted by molar-refractivity contribution is 0.724. The van der Waals surface area contributed by atoms with Crippen molar-refractivity contribution in [3.63, 3.8) is 0 Å². The lowest BCUT2D eigenvalue weighted by Crippen LogP contribution is -1.87. The fraction of sp³-hybridized carbons (Fsp3) is 0. The van der Waals surface area contributed by atoms with Gasteiger partial charge in [0.2, 0.25) is 0 Å². The average molecular weight is 223 g/mol. The maximum Gasteiger partial charge on any atom is 0.0991 e. The fourth-order valence-electron chi connectivity index (χ4n) is 1.63. The van der Waals surface area contributed by atoms with E-state index in [0.717, 1.165) is 11.1 Å². The second kappa shape index (κ2) is 5.09. The predicted octanol–water partition coefficient (Wildman–Crippen LogP) is 3.92. The summed E-state index contributed by atoms with van der Waals surface area (Å²) in [6, 6.07) is 18.2. The van der Waals surface area contributed by atoms with Crippen LogP contribution in [0.15, 0.2) is 60.9 Å². The Morgan fingerprint density at radius 1 is 0.941 bits per heavy atom. The molecule has 0 aromatic heterocycles. The molecule has 0 radical (unpaired) electrons. The molecule has 0 bridgehead atoms. The standard InChI is InChI=1S/C15H10FN/c16-10-15(13-4-2-1-3-5-13)14-8-6-12(11-17)7-9-14/h1-10H/b15-10-. The summed E-state index contributed by atoms with van der Waals surface area (Å²) in [7, 11) is 0. The van der Waals surface area contributed by atoms with E-state index < -0.39 is 0 Å². The highest BCUT2D eigenvalue weighted by Gasteiger charge is 2.04. The van der Waals surface area contributed by atoms with Crippen LogP contribution in [-0.2, 0) is 0 Å². The van der Waals surface area contributed by atoms with Crippen LogP contribution >= 0.6 is 0 Å². The van der Waals surface area contributed by atoms with E-state index in [0.29, 0.717) is 17.5 Å². The van der Waals surface area contributed by atoms with Gasteiger partial charge in [-0.15, -0.1) is 0 Å².